The number of carbonyl (C=O) groups excluding carboxylic acids is 1. The van der Waals surface area contributed by atoms with E-state index in [1.54, 1.807) is 0 Å². The highest BCUT2D eigenvalue weighted by Gasteiger charge is 2.45. The van der Waals surface area contributed by atoms with E-state index in [1.165, 1.54) is 6.92 Å². The van der Waals surface area contributed by atoms with Crippen molar-refractivity contribution in [1.82, 2.24) is 5.32 Å². The average molecular weight is 311 g/mol. The minimum absolute atomic E-state index is 0.211. The highest BCUT2D eigenvalue weighted by molar-refractivity contribution is 5.73. The number of amides is 1. The van der Waals surface area contributed by atoms with Crippen molar-refractivity contribution < 1.29 is 29.6 Å². The van der Waals surface area contributed by atoms with Gasteiger partial charge < -0.3 is 30.1 Å². The maximum atomic E-state index is 11.3. The van der Waals surface area contributed by atoms with Gasteiger partial charge in [-0.1, -0.05) is 30.3 Å². The van der Waals surface area contributed by atoms with Crippen molar-refractivity contribution in [2.45, 2.75) is 44.2 Å². The number of nitrogens with one attached hydrogen (secondary N) is 1. The lowest BCUT2D eigenvalue weighted by molar-refractivity contribution is -0.273. The number of hydrogen-bond acceptors (Lipinski definition) is 6. The van der Waals surface area contributed by atoms with Crippen LogP contribution in [0.4, 0.5) is 0 Å². The molecule has 0 aliphatic carbocycles. The first-order valence-electron chi connectivity index (χ1n) is 7.08. The number of aliphatic hydroxyl groups excluding tert-OH is 3. The maximum Gasteiger partial charge on any atom is 0.217 e. The van der Waals surface area contributed by atoms with Gasteiger partial charge in [-0.05, 0) is 5.56 Å². The Balaban J connectivity index is 2.07. The lowest BCUT2D eigenvalue weighted by atomic mass is 9.97. The van der Waals surface area contributed by atoms with Crippen molar-refractivity contribution in [1.29, 1.82) is 0 Å². The molecule has 1 saturated heterocycles. The Labute approximate surface area is 128 Å². The van der Waals surface area contributed by atoms with Crippen LogP contribution in [0.2, 0.25) is 0 Å². The minimum atomic E-state index is -1.31. The molecule has 122 valence electrons. The van der Waals surface area contributed by atoms with E-state index in [0.717, 1.165) is 5.56 Å². The highest BCUT2D eigenvalue weighted by atomic mass is 16.7. The maximum absolute atomic E-state index is 11.3. The van der Waals surface area contributed by atoms with Crippen LogP contribution in [0.1, 0.15) is 12.5 Å². The van der Waals surface area contributed by atoms with E-state index in [0.29, 0.717) is 0 Å². The van der Waals surface area contributed by atoms with Crippen LogP contribution in [0.5, 0.6) is 0 Å². The van der Waals surface area contributed by atoms with Crippen LogP contribution in [0.25, 0.3) is 0 Å². The summed E-state index contributed by atoms with van der Waals surface area (Å²) in [7, 11) is 0. The van der Waals surface area contributed by atoms with E-state index in [1.807, 2.05) is 30.3 Å². The molecular weight excluding hydrogens is 290 g/mol. The molecule has 7 heteroatoms. The molecule has 22 heavy (non-hydrogen) atoms. The quantitative estimate of drug-likeness (QED) is 0.564. The summed E-state index contributed by atoms with van der Waals surface area (Å²) in [4.78, 5) is 11.3. The molecule has 0 aromatic heterocycles. The van der Waals surface area contributed by atoms with Crippen LogP contribution < -0.4 is 5.32 Å². The van der Waals surface area contributed by atoms with E-state index in [-0.39, 0.29) is 12.5 Å². The molecule has 0 spiro atoms. The van der Waals surface area contributed by atoms with Crippen LogP contribution in [0.3, 0.4) is 0 Å². The molecule has 4 N–H and O–H groups in total. The van der Waals surface area contributed by atoms with Crippen LogP contribution >= 0.6 is 0 Å². The Bertz CT molecular complexity index is 482. The smallest absolute Gasteiger partial charge is 0.217 e. The number of rotatable bonds is 5. The second-order valence-corrected chi connectivity index (χ2v) is 5.23. The minimum Gasteiger partial charge on any atom is -0.394 e. The lowest BCUT2D eigenvalue weighted by Gasteiger charge is -2.42. The fraction of sp³-hybridized carbons (Fsp3) is 0.533. The Morgan fingerprint density at radius 2 is 1.95 bits per heavy atom. The average Bonchev–Trinajstić information content (AvgIpc) is 2.52. The SMILES string of the molecule is CC(=O)N[C@@H]1[C@@H](OCc2ccccc2)OC(CO)[C@@H](O)[C@H]1O. The van der Waals surface area contributed by atoms with Gasteiger partial charge in [-0.3, -0.25) is 4.79 Å². The third-order valence-corrected chi connectivity index (χ3v) is 3.51. The van der Waals surface area contributed by atoms with E-state index in [4.69, 9.17) is 9.47 Å². The van der Waals surface area contributed by atoms with Crippen molar-refractivity contribution >= 4 is 5.91 Å². The summed E-state index contributed by atoms with van der Waals surface area (Å²) in [6.07, 6.45) is -4.55. The summed E-state index contributed by atoms with van der Waals surface area (Å²) in [6.45, 7) is 1.05. The zero-order valence-corrected chi connectivity index (χ0v) is 12.3. The summed E-state index contributed by atoms with van der Waals surface area (Å²) in [5.41, 5.74) is 0.897. The van der Waals surface area contributed by atoms with Crippen LogP contribution in [0.15, 0.2) is 30.3 Å². The normalized spacial score (nSPS) is 31.7. The summed E-state index contributed by atoms with van der Waals surface area (Å²) in [5, 5.41) is 31.7. The summed E-state index contributed by atoms with van der Waals surface area (Å²) >= 11 is 0. The molecule has 1 aliphatic rings. The Hall–Kier alpha value is -1.51. The second kappa shape index (κ2) is 7.66. The fourth-order valence-corrected chi connectivity index (χ4v) is 2.37. The third kappa shape index (κ3) is 4.02. The zero-order valence-electron chi connectivity index (χ0n) is 12.3. The summed E-state index contributed by atoms with van der Waals surface area (Å²) < 4.78 is 11.1. The van der Waals surface area contributed by atoms with Gasteiger partial charge in [0.15, 0.2) is 6.29 Å². The Kier molecular flexibility index (Phi) is 5.87. The van der Waals surface area contributed by atoms with E-state index >= 15 is 0 Å². The van der Waals surface area contributed by atoms with Crippen LogP contribution in [0, 0.1) is 0 Å². The van der Waals surface area contributed by atoms with Crippen molar-refractivity contribution in [2.24, 2.45) is 0 Å². The van der Waals surface area contributed by atoms with E-state index in [2.05, 4.69) is 5.32 Å². The first kappa shape index (κ1) is 16.9. The first-order valence-corrected chi connectivity index (χ1v) is 7.08. The van der Waals surface area contributed by atoms with Crippen molar-refractivity contribution in [3.8, 4) is 0 Å². The molecule has 0 bridgehead atoms. The third-order valence-electron chi connectivity index (χ3n) is 3.51. The molecule has 7 nitrogen and oxygen atoms in total. The van der Waals surface area contributed by atoms with Gasteiger partial charge in [0.05, 0.1) is 13.2 Å². The van der Waals surface area contributed by atoms with Crippen molar-refractivity contribution in [3.63, 3.8) is 0 Å². The molecule has 1 aromatic rings. The molecule has 5 atom stereocenters. The zero-order chi connectivity index (χ0) is 16.1. The molecule has 1 fully saturated rings. The van der Waals surface area contributed by atoms with Gasteiger partial charge in [-0.2, -0.15) is 0 Å². The van der Waals surface area contributed by atoms with Crippen molar-refractivity contribution in [2.75, 3.05) is 6.61 Å². The summed E-state index contributed by atoms with van der Waals surface area (Å²) in [6, 6.07) is 8.42. The molecule has 0 saturated carbocycles. The van der Waals surface area contributed by atoms with Crippen LogP contribution in [-0.4, -0.2) is 58.5 Å². The number of benzene rings is 1. The highest BCUT2D eigenvalue weighted by Crippen LogP contribution is 2.23. The monoisotopic (exact) mass is 311 g/mol. The predicted molar refractivity (Wildman–Crippen MR) is 76.6 cm³/mol. The second-order valence-electron chi connectivity index (χ2n) is 5.23. The fourth-order valence-electron chi connectivity index (χ4n) is 2.37. The summed E-state index contributed by atoms with van der Waals surface area (Å²) in [5.74, 6) is -0.379. The van der Waals surface area contributed by atoms with E-state index < -0.39 is 37.3 Å². The molecule has 1 aromatic carbocycles. The predicted octanol–water partition coefficient (Wildman–Crippen LogP) is -0.853. The number of ether oxygens (including phenoxy) is 2. The lowest BCUT2D eigenvalue weighted by Crippen LogP contribution is -2.64. The van der Waals surface area contributed by atoms with Gasteiger partial charge >= 0.3 is 0 Å². The number of hydrogen-bond donors (Lipinski definition) is 4. The molecule has 1 unspecified atom stereocenters. The van der Waals surface area contributed by atoms with Crippen LogP contribution in [-0.2, 0) is 20.9 Å². The molecule has 0 radical (unpaired) electrons. The van der Waals surface area contributed by atoms with Crippen molar-refractivity contribution in [3.05, 3.63) is 35.9 Å². The molecule has 2 rings (SSSR count). The Morgan fingerprint density at radius 3 is 2.55 bits per heavy atom. The van der Waals surface area contributed by atoms with Gasteiger partial charge in [-0.25, -0.2) is 0 Å². The van der Waals surface area contributed by atoms with Gasteiger partial charge in [0.25, 0.3) is 0 Å². The standard InChI is InChI=1S/C15H21NO6/c1-9(18)16-12-14(20)13(19)11(7-17)22-15(12)21-8-10-5-3-2-4-6-10/h2-6,11-15,17,19-20H,7-8H2,1H3,(H,16,18)/t11?,12-,13+,14-,15-/m0/s1. The molecule has 1 heterocycles. The molecular formula is C15H21NO6. The number of aliphatic hydroxyl groups is 3. The van der Waals surface area contributed by atoms with Gasteiger partial charge in [-0.15, -0.1) is 0 Å². The Morgan fingerprint density at radius 1 is 1.27 bits per heavy atom. The van der Waals surface area contributed by atoms with Gasteiger partial charge in [0, 0.05) is 6.92 Å². The first-order chi connectivity index (χ1) is 10.5. The molecule has 1 aliphatic heterocycles. The molecule has 1 amide bonds. The van der Waals surface area contributed by atoms with Gasteiger partial charge in [0.2, 0.25) is 5.91 Å². The topological polar surface area (TPSA) is 108 Å². The van der Waals surface area contributed by atoms with E-state index in [9.17, 15) is 20.1 Å². The van der Waals surface area contributed by atoms with Gasteiger partial charge in [0.1, 0.15) is 24.4 Å². The number of carbonyl (C=O) groups is 1. The largest absolute Gasteiger partial charge is 0.394 e.